The number of amides is 1. The minimum atomic E-state index is -0.340. The summed E-state index contributed by atoms with van der Waals surface area (Å²) in [6, 6.07) is 13.1. The van der Waals surface area contributed by atoms with Gasteiger partial charge in [0.15, 0.2) is 0 Å². The van der Waals surface area contributed by atoms with E-state index in [0.29, 0.717) is 11.3 Å². The molecule has 0 radical (unpaired) electrons. The average Bonchev–Trinajstić information content (AvgIpc) is 2.45. The molecular weight excluding hydrogens is 242 g/mol. The van der Waals surface area contributed by atoms with Gasteiger partial charge in [0.05, 0.1) is 11.6 Å². The minimum absolute atomic E-state index is 0.206. The topological polar surface area (TPSA) is 77.0 Å². The van der Waals surface area contributed by atoms with Crippen LogP contribution in [0.15, 0.2) is 47.3 Å². The number of anilines is 1. The van der Waals surface area contributed by atoms with Crippen molar-refractivity contribution >= 4 is 11.6 Å². The van der Waals surface area contributed by atoms with Crippen LogP contribution in [-0.2, 0) is 0 Å². The van der Waals surface area contributed by atoms with Gasteiger partial charge in [0.25, 0.3) is 5.91 Å². The molecule has 0 fully saturated rings. The van der Waals surface area contributed by atoms with Crippen LogP contribution in [0.5, 0.6) is 0 Å². The molecule has 0 atom stereocenters. The molecule has 0 aliphatic rings. The molecule has 19 heavy (non-hydrogen) atoms. The quantitative estimate of drug-likeness (QED) is 0.881. The van der Waals surface area contributed by atoms with Gasteiger partial charge >= 0.3 is 0 Å². The zero-order valence-corrected chi connectivity index (χ0v) is 10.3. The minimum Gasteiger partial charge on any atom is -0.318 e. The molecule has 5 nitrogen and oxygen atoms in total. The van der Waals surface area contributed by atoms with Gasteiger partial charge in [0, 0.05) is 18.8 Å². The fraction of sp³-hybridized carbons (Fsp3) is 0.0714. The third-order valence-electron chi connectivity index (χ3n) is 2.67. The predicted molar refractivity (Wildman–Crippen MR) is 71.0 cm³/mol. The SMILES string of the molecule is CN(C(=O)c1cccc(=O)[nH]1)c1cccc(C#N)c1. The van der Waals surface area contributed by atoms with Gasteiger partial charge in [-0.15, -0.1) is 0 Å². The standard InChI is InChI=1S/C14H11N3O2/c1-17(11-5-2-4-10(8-11)9-15)14(19)12-6-3-7-13(18)16-12/h2-8H,1H3,(H,16,18). The molecule has 1 aromatic heterocycles. The summed E-state index contributed by atoms with van der Waals surface area (Å²) in [5.74, 6) is -0.340. The first-order chi connectivity index (χ1) is 9.11. The van der Waals surface area contributed by atoms with E-state index < -0.39 is 0 Å². The lowest BCUT2D eigenvalue weighted by atomic mass is 10.2. The van der Waals surface area contributed by atoms with Crippen molar-refractivity contribution in [2.75, 3.05) is 11.9 Å². The molecule has 2 rings (SSSR count). The fourth-order valence-electron chi connectivity index (χ4n) is 1.65. The molecule has 1 amide bonds. The van der Waals surface area contributed by atoms with Crippen LogP contribution in [0.4, 0.5) is 5.69 Å². The Balaban J connectivity index is 2.33. The summed E-state index contributed by atoms with van der Waals surface area (Å²) in [6.45, 7) is 0. The second kappa shape index (κ2) is 5.19. The van der Waals surface area contributed by atoms with E-state index in [1.54, 1.807) is 31.3 Å². The third kappa shape index (κ3) is 2.69. The van der Waals surface area contributed by atoms with Gasteiger partial charge in [-0.25, -0.2) is 0 Å². The monoisotopic (exact) mass is 253 g/mol. The molecular formula is C14H11N3O2. The second-order valence-electron chi connectivity index (χ2n) is 3.96. The van der Waals surface area contributed by atoms with Crippen LogP contribution in [0.3, 0.4) is 0 Å². The average molecular weight is 253 g/mol. The maximum absolute atomic E-state index is 12.2. The van der Waals surface area contributed by atoms with Crippen molar-refractivity contribution in [3.63, 3.8) is 0 Å². The highest BCUT2D eigenvalue weighted by atomic mass is 16.2. The van der Waals surface area contributed by atoms with E-state index in [9.17, 15) is 9.59 Å². The zero-order valence-electron chi connectivity index (χ0n) is 10.3. The third-order valence-corrected chi connectivity index (χ3v) is 2.67. The number of aromatic nitrogens is 1. The Bertz CT molecular complexity index is 713. The number of benzene rings is 1. The maximum atomic E-state index is 12.2. The lowest BCUT2D eigenvalue weighted by molar-refractivity contribution is 0.0988. The number of carbonyl (C=O) groups excluding carboxylic acids is 1. The number of pyridine rings is 1. The number of hydrogen-bond donors (Lipinski definition) is 1. The summed E-state index contributed by atoms with van der Waals surface area (Å²) in [4.78, 5) is 27.2. The number of hydrogen-bond acceptors (Lipinski definition) is 3. The van der Waals surface area contributed by atoms with Crippen molar-refractivity contribution < 1.29 is 4.79 Å². The number of nitriles is 1. The number of aromatic amines is 1. The molecule has 5 heteroatoms. The smallest absolute Gasteiger partial charge is 0.274 e. The Morgan fingerprint density at radius 2 is 2.00 bits per heavy atom. The van der Waals surface area contributed by atoms with Crippen LogP contribution in [-0.4, -0.2) is 17.9 Å². The van der Waals surface area contributed by atoms with E-state index in [4.69, 9.17) is 5.26 Å². The molecule has 1 aromatic carbocycles. The fourth-order valence-corrected chi connectivity index (χ4v) is 1.65. The molecule has 1 heterocycles. The van der Waals surface area contributed by atoms with E-state index >= 15 is 0 Å². The molecule has 2 aromatic rings. The normalized spacial score (nSPS) is 9.68. The molecule has 0 aliphatic carbocycles. The zero-order chi connectivity index (χ0) is 13.8. The Morgan fingerprint density at radius 3 is 2.68 bits per heavy atom. The van der Waals surface area contributed by atoms with Crippen LogP contribution < -0.4 is 10.5 Å². The van der Waals surface area contributed by atoms with E-state index in [1.165, 1.54) is 23.1 Å². The summed E-state index contributed by atoms with van der Waals surface area (Å²) in [5.41, 5.74) is 0.940. The van der Waals surface area contributed by atoms with Crippen molar-refractivity contribution in [2.24, 2.45) is 0 Å². The van der Waals surface area contributed by atoms with Gasteiger partial charge in [-0.3, -0.25) is 9.59 Å². The van der Waals surface area contributed by atoms with Crippen molar-refractivity contribution in [1.82, 2.24) is 4.98 Å². The van der Waals surface area contributed by atoms with Crippen molar-refractivity contribution in [3.8, 4) is 6.07 Å². The largest absolute Gasteiger partial charge is 0.318 e. The molecule has 0 bridgehead atoms. The number of rotatable bonds is 2. The van der Waals surface area contributed by atoms with Gasteiger partial charge in [0.2, 0.25) is 5.56 Å². The van der Waals surface area contributed by atoms with E-state index in [2.05, 4.69) is 4.98 Å². The number of carbonyl (C=O) groups is 1. The maximum Gasteiger partial charge on any atom is 0.274 e. The van der Waals surface area contributed by atoms with Crippen LogP contribution >= 0.6 is 0 Å². The predicted octanol–water partition coefficient (Wildman–Crippen LogP) is 1.52. The molecule has 0 spiro atoms. The summed E-state index contributed by atoms with van der Waals surface area (Å²) >= 11 is 0. The van der Waals surface area contributed by atoms with Crippen molar-refractivity contribution in [2.45, 2.75) is 0 Å². The summed E-state index contributed by atoms with van der Waals surface area (Å²) in [6.07, 6.45) is 0. The Morgan fingerprint density at radius 1 is 1.26 bits per heavy atom. The molecule has 0 saturated heterocycles. The number of H-pyrrole nitrogens is 1. The van der Waals surface area contributed by atoms with Crippen LogP contribution in [0.2, 0.25) is 0 Å². The van der Waals surface area contributed by atoms with Crippen LogP contribution in [0, 0.1) is 11.3 Å². The first-order valence-electron chi connectivity index (χ1n) is 5.59. The number of nitrogens with zero attached hydrogens (tertiary/aromatic N) is 2. The van der Waals surface area contributed by atoms with Gasteiger partial charge in [0.1, 0.15) is 5.69 Å². The second-order valence-corrected chi connectivity index (χ2v) is 3.96. The van der Waals surface area contributed by atoms with Gasteiger partial charge < -0.3 is 9.88 Å². The Hall–Kier alpha value is -2.87. The molecule has 0 aliphatic heterocycles. The first-order valence-corrected chi connectivity index (χ1v) is 5.59. The number of nitrogens with one attached hydrogen (secondary N) is 1. The molecule has 0 saturated carbocycles. The molecule has 94 valence electrons. The van der Waals surface area contributed by atoms with E-state index in [-0.39, 0.29) is 17.2 Å². The van der Waals surface area contributed by atoms with Crippen LogP contribution in [0.25, 0.3) is 0 Å². The molecule has 0 unspecified atom stereocenters. The van der Waals surface area contributed by atoms with Gasteiger partial charge in [-0.2, -0.15) is 5.26 Å². The first kappa shape index (κ1) is 12.6. The van der Waals surface area contributed by atoms with Gasteiger partial charge in [-0.1, -0.05) is 12.1 Å². The van der Waals surface area contributed by atoms with E-state index in [0.717, 1.165) is 0 Å². The summed E-state index contributed by atoms with van der Waals surface area (Å²) in [7, 11) is 1.59. The Labute approximate surface area is 109 Å². The molecule has 1 N–H and O–H groups in total. The van der Waals surface area contributed by atoms with E-state index in [1.807, 2.05) is 6.07 Å². The lowest BCUT2D eigenvalue weighted by Gasteiger charge is -2.17. The lowest BCUT2D eigenvalue weighted by Crippen LogP contribution is -2.28. The van der Waals surface area contributed by atoms with Crippen molar-refractivity contribution in [1.29, 1.82) is 5.26 Å². The van der Waals surface area contributed by atoms with Crippen LogP contribution in [0.1, 0.15) is 16.1 Å². The highest BCUT2D eigenvalue weighted by Gasteiger charge is 2.14. The summed E-state index contributed by atoms with van der Waals surface area (Å²) < 4.78 is 0. The van der Waals surface area contributed by atoms with Crippen molar-refractivity contribution in [3.05, 3.63) is 64.1 Å². The Kier molecular flexibility index (Phi) is 3.44. The van der Waals surface area contributed by atoms with Gasteiger partial charge in [-0.05, 0) is 24.3 Å². The highest BCUT2D eigenvalue weighted by Crippen LogP contribution is 2.16. The highest BCUT2D eigenvalue weighted by molar-refractivity contribution is 6.04. The summed E-state index contributed by atoms with van der Waals surface area (Å²) in [5, 5.41) is 8.83.